The van der Waals surface area contributed by atoms with Crippen LogP contribution in [0, 0.1) is 23.2 Å². The molecule has 4 bridgehead atoms. The fourth-order valence-electron chi connectivity index (χ4n) is 5.42. The van der Waals surface area contributed by atoms with Crippen molar-refractivity contribution in [1.29, 1.82) is 0 Å². The molecule has 0 radical (unpaired) electrons. The first-order chi connectivity index (χ1) is 9.69. The van der Waals surface area contributed by atoms with Gasteiger partial charge in [0.05, 0.1) is 18.8 Å². The SMILES string of the molecule is C[C@H](OCc1ccccc1)[C@H](O)C12CC3CC1CC3C2. The fourth-order valence-corrected chi connectivity index (χ4v) is 5.42. The monoisotopic (exact) mass is 272 g/mol. The van der Waals surface area contributed by atoms with Crippen LogP contribution in [0.2, 0.25) is 0 Å². The second kappa shape index (κ2) is 4.57. The maximum absolute atomic E-state index is 10.8. The summed E-state index contributed by atoms with van der Waals surface area (Å²) in [6.45, 7) is 2.65. The van der Waals surface area contributed by atoms with E-state index in [1.54, 1.807) is 0 Å². The second-order valence-corrected chi connectivity index (χ2v) is 7.28. The van der Waals surface area contributed by atoms with E-state index >= 15 is 0 Å². The zero-order valence-corrected chi connectivity index (χ0v) is 12.2. The molecule has 0 amide bonds. The molecule has 4 saturated carbocycles. The minimum Gasteiger partial charge on any atom is -0.390 e. The first-order valence-corrected chi connectivity index (χ1v) is 8.02. The Kier molecular flexibility index (Phi) is 2.94. The summed E-state index contributed by atoms with van der Waals surface area (Å²) >= 11 is 0. The molecule has 4 aliphatic rings. The molecule has 4 atom stereocenters. The zero-order valence-electron chi connectivity index (χ0n) is 12.2. The van der Waals surface area contributed by atoms with E-state index in [0.717, 1.165) is 17.8 Å². The third kappa shape index (κ3) is 1.78. The van der Waals surface area contributed by atoms with Gasteiger partial charge < -0.3 is 9.84 Å². The minimum absolute atomic E-state index is 0.0618. The molecule has 2 heteroatoms. The van der Waals surface area contributed by atoms with Gasteiger partial charge in [-0.25, -0.2) is 0 Å². The summed E-state index contributed by atoms with van der Waals surface area (Å²) in [6.07, 6.45) is 4.90. The average Bonchev–Trinajstić information content (AvgIpc) is 3.19. The molecule has 0 spiro atoms. The first kappa shape index (κ1) is 12.8. The van der Waals surface area contributed by atoms with Crippen molar-refractivity contribution in [1.82, 2.24) is 0 Å². The van der Waals surface area contributed by atoms with E-state index in [-0.39, 0.29) is 17.6 Å². The largest absolute Gasteiger partial charge is 0.390 e. The summed E-state index contributed by atoms with van der Waals surface area (Å²) < 4.78 is 5.96. The van der Waals surface area contributed by atoms with E-state index in [9.17, 15) is 5.11 Å². The van der Waals surface area contributed by atoms with Crippen LogP contribution in [0.1, 0.15) is 38.2 Å². The van der Waals surface area contributed by atoms with Crippen molar-refractivity contribution >= 4 is 0 Å². The lowest BCUT2D eigenvalue weighted by Gasteiger charge is -2.37. The van der Waals surface area contributed by atoms with E-state index in [1.165, 1.54) is 31.2 Å². The van der Waals surface area contributed by atoms with Crippen molar-refractivity contribution in [2.45, 2.75) is 51.4 Å². The van der Waals surface area contributed by atoms with Gasteiger partial charge in [-0.1, -0.05) is 30.3 Å². The molecule has 1 aromatic carbocycles. The maximum atomic E-state index is 10.8. The molecule has 2 nitrogen and oxygen atoms in total. The molecule has 4 aliphatic carbocycles. The number of aliphatic hydroxyl groups excluding tert-OH is 1. The van der Waals surface area contributed by atoms with Gasteiger partial charge in [-0.2, -0.15) is 0 Å². The van der Waals surface area contributed by atoms with Crippen LogP contribution in [0.15, 0.2) is 30.3 Å². The van der Waals surface area contributed by atoms with Crippen LogP contribution < -0.4 is 0 Å². The maximum Gasteiger partial charge on any atom is 0.0858 e. The first-order valence-electron chi connectivity index (χ1n) is 8.02. The van der Waals surface area contributed by atoms with Crippen LogP contribution in [0.4, 0.5) is 0 Å². The van der Waals surface area contributed by atoms with Gasteiger partial charge in [-0.05, 0) is 55.9 Å². The van der Waals surface area contributed by atoms with Crippen LogP contribution in [0.3, 0.4) is 0 Å². The van der Waals surface area contributed by atoms with Crippen LogP contribution in [-0.4, -0.2) is 17.3 Å². The summed E-state index contributed by atoms with van der Waals surface area (Å²) in [5.41, 5.74) is 1.38. The Hall–Kier alpha value is -0.860. The summed E-state index contributed by atoms with van der Waals surface area (Å²) in [6, 6.07) is 10.2. The van der Waals surface area contributed by atoms with Gasteiger partial charge in [0.25, 0.3) is 0 Å². The lowest BCUT2D eigenvalue weighted by atomic mass is 9.74. The molecule has 0 aromatic heterocycles. The Morgan fingerprint density at radius 2 is 1.85 bits per heavy atom. The quantitative estimate of drug-likeness (QED) is 0.890. The average molecular weight is 272 g/mol. The number of aliphatic hydroxyl groups is 1. The molecule has 5 rings (SSSR count). The van der Waals surface area contributed by atoms with Gasteiger partial charge in [0.2, 0.25) is 0 Å². The molecule has 4 fully saturated rings. The highest BCUT2D eigenvalue weighted by Crippen LogP contribution is 2.71. The Balaban J connectivity index is 1.40. The van der Waals surface area contributed by atoms with E-state index < -0.39 is 0 Å². The smallest absolute Gasteiger partial charge is 0.0858 e. The topological polar surface area (TPSA) is 29.5 Å². The molecule has 0 heterocycles. The van der Waals surface area contributed by atoms with Gasteiger partial charge in [0.1, 0.15) is 0 Å². The van der Waals surface area contributed by atoms with Gasteiger partial charge in [-0.3, -0.25) is 0 Å². The normalized spacial score (nSPS) is 40.4. The van der Waals surface area contributed by atoms with Gasteiger partial charge in [0.15, 0.2) is 0 Å². The lowest BCUT2D eigenvalue weighted by molar-refractivity contribution is -0.1000. The summed E-state index contributed by atoms with van der Waals surface area (Å²) in [4.78, 5) is 0. The number of hydrogen-bond donors (Lipinski definition) is 1. The van der Waals surface area contributed by atoms with Crippen LogP contribution >= 0.6 is 0 Å². The molecular weight excluding hydrogens is 248 g/mol. The third-order valence-electron chi connectivity index (χ3n) is 6.33. The van der Waals surface area contributed by atoms with E-state index in [4.69, 9.17) is 4.74 Å². The Morgan fingerprint density at radius 3 is 2.40 bits per heavy atom. The number of hydrogen-bond acceptors (Lipinski definition) is 2. The molecule has 1 aromatic rings. The fraction of sp³-hybridized carbons (Fsp3) is 0.667. The van der Waals surface area contributed by atoms with Gasteiger partial charge in [-0.15, -0.1) is 0 Å². The van der Waals surface area contributed by atoms with Crippen LogP contribution in [0.25, 0.3) is 0 Å². The van der Waals surface area contributed by atoms with Crippen LogP contribution in [0.5, 0.6) is 0 Å². The van der Waals surface area contributed by atoms with Crippen LogP contribution in [-0.2, 0) is 11.3 Å². The van der Waals surface area contributed by atoms with Crippen molar-refractivity contribution in [2.75, 3.05) is 0 Å². The van der Waals surface area contributed by atoms with Crippen molar-refractivity contribution in [3.8, 4) is 0 Å². The van der Waals surface area contributed by atoms with Gasteiger partial charge >= 0.3 is 0 Å². The molecule has 1 N–H and O–H groups in total. The van der Waals surface area contributed by atoms with E-state index in [0.29, 0.717) is 6.61 Å². The summed E-state index contributed by atoms with van der Waals surface area (Å²) in [5, 5.41) is 10.8. The Morgan fingerprint density at radius 1 is 1.20 bits per heavy atom. The van der Waals surface area contributed by atoms with E-state index in [2.05, 4.69) is 12.1 Å². The summed E-state index contributed by atoms with van der Waals surface area (Å²) in [7, 11) is 0. The number of ether oxygens (including phenoxy) is 1. The Labute approximate surface area is 121 Å². The lowest BCUT2D eigenvalue weighted by Crippen LogP contribution is -2.43. The highest BCUT2D eigenvalue weighted by molar-refractivity contribution is 5.16. The predicted molar refractivity (Wildman–Crippen MR) is 78.1 cm³/mol. The molecular formula is C18H24O2. The van der Waals surface area contributed by atoms with Gasteiger partial charge in [0, 0.05) is 5.41 Å². The third-order valence-corrected chi connectivity index (χ3v) is 6.33. The van der Waals surface area contributed by atoms with Crippen molar-refractivity contribution < 1.29 is 9.84 Å². The van der Waals surface area contributed by atoms with Crippen molar-refractivity contribution in [3.05, 3.63) is 35.9 Å². The number of rotatable bonds is 5. The summed E-state index contributed by atoms with van der Waals surface area (Å²) in [5.74, 6) is 2.60. The van der Waals surface area contributed by atoms with Crippen molar-refractivity contribution in [3.63, 3.8) is 0 Å². The standard InChI is InChI=1S/C18H24O2/c1-12(20-11-13-5-3-2-4-6-13)17(19)18-9-14-7-16(18)8-15(14)10-18/h2-6,12,14-17,19H,7-11H2,1H3/t12-,14?,15?,16?,17-,18?/m0/s1. The Bertz CT molecular complexity index is 469. The van der Waals surface area contributed by atoms with Crippen molar-refractivity contribution in [2.24, 2.45) is 23.2 Å². The molecule has 0 saturated heterocycles. The molecule has 2 unspecified atom stereocenters. The predicted octanol–water partition coefficient (Wildman–Crippen LogP) is 3.39. The number of benzene rings is 1. The second-order valence-electron chi connectivity index (χ2n) is 7.28. The molecule has 108 valence electrons. The highest BCUT2D eigenvalue weighted by Gasteiger charge is 2.66. The van der Waals surface area contributed by atoms with E-state index in [1.807, 2.05) is 25.1 Å². The zero-order chi connectivity index (χ0) is 13.7. The molecule has 0 aliphatic heterocycles. The highest BCUT2D eigenvalue weighted by atomic mass is 16.5. The molecule has 20 heavy (non-hydrogen) atoms. The minimum atomic E-state index is -0.284.